The lowest BCUT2D eigenvalue weighted by molar-refractivity contribution is -0.114. The molecule has 0 radical (unpaired) electrons. The van der Waals surface area contributed by atoms with Crippen molar-refractivity contribution in [3.63, 3.8) is 0 Å². The number of carbonyl (C=O) groups excluding carboxylic acids is 2. The largest absolute Gasteiger partial charge is 0.351 e. The molecule has 0 bridgehead atoms. The second-order valence-corrected chi connectivity index (χ2v) is 6.57. The van der Waals surface area contributed by atoms with Gasteiger partial charge in [-0.15, -0.1) is 11.3 Å². The quantitative estimate of drug-likeness (QED) is 0.786. The first-order valence-corrected chi connectivity index (χ1v) is 8.69. The highest BCUT2D eigenvalue weighted by molar-refractivity contribution is 7.14. The number of nitrogens with zero attached hydrogens (tertiary/aromatic N) is 2. The molecule has 0 spiro atoms. The van der Waals surface area contributed by atoms with Crippen molar-refractivity contribution in [2.45, 2.75) is 45.6 Å². The Morgan fingerprint density at radius 2 is 2.27 bits per heavy atom. The van der Waals surface area contributed by atoms with Gasteiger partial charge in [-0.25, -0.2) is 4.98 Å². The average molecular weight is 324 g/mol. The van der Waals surface area contributed by atoms with Gasteiger partial charge in [0.1, 0.15) is 5.69 Å². The van der Waals surface area contributed by atoms with Gasteiger partial charge in [0.2, 0.25) is 5.91 Å². The molecule has 0 saturated carbocycles. The van der Waals surface area contributed by atoms with E-state index in [1.807, 2.05) is 0 Å². The van der Waals surface area contributed by atoms with Crippen LogP contribution in [0.3, 0.4) is 0 Å². The number of thiazole rings is 1. The summed E-state index contributed by atoms with van der Waals surface area (Å²) in [6.45, 7) is 6.53. The van der Waals surface area contributed by atoms with Crippen LogP contribution < -0.4 is 10.6 Å². The maximum absolute atomic E-state index is 12.0. The van der Waals surface area contributed by atoms with E-state index in [2.05, 4.69) is 27.4 Å². The number of amides is 2. The Morgan fingerprint density at radius 3 is 3.00 bits per heavy atom. The fourth-order valence-corrected chi connectivity index (χ4v) is 3.39. The number of rotatable bonds is 6. The summed E-state index contributed by atoms with van der Waals surface area (Å²) in [6, 6.07) is 0.656. The van der Waals surface area contributed by atoms with Crippen LogP contribution in [-0.4, -0.2) is 47.4 Å². The van der Waals surface area contributed by atoms with Crippen molar-refractivity contribution in [3.8, 4) is 0 Å². The third kappa shape index (κ3) is 5.06. The van der Waals surface area contributed by atoms with Crippen molar-refractivity contribution in [2.24, 2.45) is 0 Å². The molecule has 1 aromatic rings. The lowest BCUT2D eigenvalue weighted by Gasteiger charge is -2.33. The molecule has 22 heavy (non-hydrogen) atoms. The van der Waals surface area contributed by atoms with Crippen LogP contribution in [0.4, 0.5) is 5.13 Å². The van der Waals surface area contributed by atoms with Crippen molar-refractivity contribution in [1.82, 2.24) is 15.2 Å². The molecule has 122 valence electrons. The normalized spacial score (nSPS) is 18.9. The average Bonchev–Trinajstić information content (AvgIpc) is 2.93. The number of anilines is 1. The molecule has 1 atom stereocenters. The predicted octanol–water partition coefficient (Wildman–Crippen LogP) is 2.10. The van der Waals surface area contributed by atoms with E-state index >= 15 is 0 Å². The molecule has 0 aliphatic carbocycles. The number of hydrogen-bond donors (Lipinski definition) is 2. The Hall–Kier alpha value is -1.47. The molecule has 1 aromatic heterocycles. The Morgan fingerprint density at radius 1 is 1.45 bits per heavy atom. The van der Waals surface area contributed by atoms with E-state index < -0.39 is 0 Å². The third-order valence-electron chi connectivity index (χ3n) is 3.87. The van der Waals surface area contributed by atoms with Gasteiger partial charge in [0, 0.05) is 31.4 Å². The van der Waals surface area contributed by atoms with E-state index in [0.29, 0.717) is 23.4 Å². The van der Waals surface area contributed by atoms with E-state index in [1.165, 1.54) is 44.1 Å². The lowest BCUT2D eigenvalue weighted by Crippen LogP contribution is -2.39. The molecule has 6 nitrogen and oxygen atoms in total. The van der Waals surface area contributed by atoms with Gasteiger partial charge in [-0.05, 0) is 32.7 Å². The first-order valence-electron chi connectivity index (χ1n) is 7.81. The molecule has 2 N–H and O–H groups in total. The summed E-state index contributed by atoms with van der Waals surface area (Å²) in [4.78, 5) is 29.5. The summed E-state index contributed by atoms with van der Waals surface area (Å²) in [5.41, 5.74) is 0.361. The summed E-state index contributed by atoms with van der Waals surface area (Å²) < 4.78 is 0. The van der Waals surface area contributed by atoms with Gasteiger partial charge in [-0.1, -0.05) is 6.42 Å². The van der Waals surface area contributed by atoms with Crippen LogP contribution in [0, 0.1) is 0 Å². The molecule has 2 rings (SSSR count). The fraction of sp³-hybridized carbons (Fsp3) is 0.667. The van der Waals surface area contributed by atoms with Crippen molar-refractivity contribution in [2.75, 3.05) is 25.0 Å². The van der Waals surface area contributed by atoms with Crippen LogP contribution in [-0.2, 0) is 4.79 Å². The summed E-state index contributed by atoms with van der Waals surface area (Å²) in [5, 5.41) is 7.58. The van der Waals surface area contributed by atoms with Gasteiger partial charge in [0.25, 0.3) is 5.91 Å². The van der Waals surface area contributed by atoms with E-state index in [-0.39, 0.29) is 11.8 Å². The van der Waals surface area contributed by atoms with Crippen LogP contribution >= 0.6 is 11.3 Å². The Kier molecular flexibility index (Phi) is 6.33. The summed E-state index contributed by atoms with van der Waals surface area (Å²) >= 11 is 1.26. The summed E-state index contributed by atoms with van der Waals surface area (Å²) in [6.07, 6.45) is 4.83. The number of carbonyl (C=O) groups is 2. The fourth-order valence-electron chi connectivity index (χ4n) is 2.65. The molecule has 0 aromatic carbocycles. The van der Waals surface area contributed by atoms with Crippen LogP contribution in [0.15, 0.2) is 5.38 Å². The Balaban J connectivity index is 1.69. The number of likely N-dealkylation sites (tertiary alicyclic amines) is 1. The molecule has 0 unspecified atom stereocenters. The molecule has 1 aliphatic rings. The highest BCUT2D eigenvalue weighted by Crippen LogP contribution is 2.16. The van der Waals surface area contributed by atoms with Crippen LogP contribution in [0.25, 0.3) is 0 Å². The van der Waals surface area contributed by atoms with E-state index in [9.17, 15) is 9.59 Å². The first-order chi connectivity index (χ1) is 10.6. The molecule has 1 saturated heterocycles. The highest BCUT2D eigenvalue weighted by Gasteiger charge is 2.17. The van der Waals surface area contributed by atoms with Crippen molar-refractivity contribution in [3.05, 3.63) is 11.1 Å². The van der Waals surface area contributed by atoms with Crippen molar-refractivity contribution >= 4 is 28.3 Å². The standard InChI is InChI=1S/C15H24N4O2S/c1-11-6-3-4-8-19(11)9-5-7-16-14(21)13-10-22-15(18-13)17-12(2)20/h10-11H,3-9H2,1-2H3,(H,16,21)(H,17,18,20)/t11-/m0/s1. The van der Waals surface area contributed by atoms with Crippen LogP contribution in [0.1, 0.15) is 50.0 Å². The van der Waals surface area contributed by atoms with Gasteiger partial charge in [0.15, 0.2) is 5.13 Å². The van der Waals surface area contributed by atoms with Gasteiger partial charge < -0.3 is 15.5 Å². The zero-order valence-corrected chi connectivity index (χ0v) is 14.0. The first kappa shape index (κ1) is 16.9. The predicted molar refractivity (Wildman–Crippen MR) is 88.3 cm³/mol. The molecule has 2 amide bonds. The van der Waals surface area contributed by atoms with E-state index in [0.717, 1.165) is 13.0 Å². The Bertz CT molecular complexity index is 517. The number of hydrogen-bond acceptors (Lipinski definition) is 5. The molecular formula is C15H24N4O2S. The highest BCUT2D eigenvalue weighted by atomic mass is 32.1. The smallest absolute Gasteiger partial charge is 0.270 e. The minimum atomic E-state index is -0.183. The van der Waals surface area contributed by atoms with Gasteiger partial charge in [-0.3, -0.25) is 9.59 Å². The minimum absolute atomic E-state index is 0.181. The monoisotopic (exact) mass is 324 g/mol. The van der Waals surface area contributed by atoms with E-state index in [1.54, 1.807) is 5.38 Å². The van der Waals surface area contributed by atoms with Gasteiger partial charge >= 0.3 is 0 Å². The molecule has 1 fully saturated rings. The summed E-state index contributed by atoms with van der Waals surface area (Å²) in [7, 11) is 0. The van der Waals surface area contributed by atoms with Crippen LogP contribution in [0.2, 0.25) is 0 Å². The number of aromatic nitrogens is 1. The topological polar surface area (TPSA) is 74.3 Å². The SMILES string of the molecule is CC(=O)Nc1nc(C(=O)NCCCN2CCCC[C@@H]2C)cs1. The molecule has 1 aliphatic heterocycles. The number of piperidine rings is 1. The second-order valence-electron chi connectivity index (χ2n) is 5.71. The maximum Gasteiger partial charge on any atom is 0.270 e. The Labute approximate surface area is 135 Å². The third-order valence-corrected chi connectivity index (χ3v) is 4.63. The van der Waals surface area contributed by atoms with Gasteiger partial charge in [0.05, 0.1) is 0 Å². The molecule has 2 heterocycles. The lowest BCUT2D eigenvalue weighted by atomic mass is 10.0. The maximum atomic E-state index is 12.0. The van der Waals surface area contributed by atoms with Crippen LogP contribution in [0.5, 0.6) is 0 Å². The number of nitrogens with one attached hydrogen (secondary N) is 2. The second kappa shape index (κ2) is 8.24. The molecular weight excluding hydrogens is 300 g/mol. The summed E-state index contributed by atoms with van der Waals surface area (Å²) in [5.74, 6) is -0.364. The van der Waals surface area contributed by atoms with Crippen molar-refractivity contribution < 1.29 is 9.59 Å². The van der Waals surface area contributed by atoms with Crippen molar-refractivity contribution in [1.29, 1.82) is 0 Å². The van der Waals surface area contributed by atoms with E-state index in [4.69, 9.17) is 0 Å². The van der Waals surface area contributed by atoms with Gasteiger partial charge in [-0.2, -0.15) is 0 Å². The molecule has 7 heteroatoms. The minimum Gasteiger partial charge on any atom is -0.351 e. The zero-order valence-electron chi connectivity index (χ0n) is 13.2. The zero-order chi connectivity index (χ0) is 15.9.